The highest BCUT2D eigenvalue weighted by atomic mass is 32.1. The quantitative estimate of drug-likeness (QED) is 0.436. The summed E-state index contributed by atoms with van der Waals surface area (Å²) in [5.74, 6) is -2.90. The minimum absolute atomic E-state index is 0.362. The first-order valence-electron chi connectivity index (χ1n) is 12.5. The molecule has 2 aromatic rings. The number of benzene rings is 1. The minimum atomic E-state index is -1.41. The Morgan fingerprint density at radius 2 is 2.22 bits per heavy atom. The molecule has 3 unspecified atom stereocenters. The van der Waals surface area contributed by atoms with Crippen molar-refractivity contribution < 1.29 is 19.5 Å². The van der Waals surface area contributed by atoms with E-state index in [1.54, 1.807) is 17.8 Å². The lowest BCUT2D eigenvalue weighted by Gasteiger charge is -2.53. The average Bonchev–Trinajstić information content (AvgIpc) is 3.61. The summed E-state index contributed by atoms with van der Waals surface area (Å²) in [6, 6.07) is 3.51. The van der Waals surface area contributed by atoms with Crippen LogP contribution in [0.5, 0.6) is 0 Å². The molecule has 196 valence electrons. The molecule has 37 heavy (non-hydrogen) atoms. The second-order valence-electron chi connectivity index (χ2n) is 9.34. The lowest BCUT2D eigenvalue weighted by molar-refractivity contribution is -0.158. The van der Waals surface area contributed by atoms with E-state index in [9.17, 15) is 14.7 Å². The number of nitrogens with one attached hydrogen (secondary N) is 3. The van der Waals surface area contributed by atoms with Crippen molar-refractivity contribution in [2.45, 2.75) is 38.9 Å². The molecule has 0 radical (unpaired) electrons. The Bertz CT molecular complexity index is 1290. The molecule has 1 aromatic carbocycles. The van der Waals surface area contributed by atoms with Crippen LogP contribution in [0.2, 0.25) is 0 Å². The molecule has 3 atom stereocenters. The van der Waals surface area contributed by atoms with E-state index in [2.05, 4.69) is 26.1 Å². The third-order valence-corrected chi connectivity index (χ3v) is 8.39. The molecular formula is C25H31N7O4S. The Balaban J connectivity index is 1.70. The fourth-order valence-electron chi connectivity index (χ4n) is 5.64. The number of urea groups is 1. The number of carboxylic acid groups (broad SMARTS) is 1. The zero-order valence-electron chi connectivity index (χ0n) is 20.9. The standard InChI is InChI=1S/C25H31N7O4S/c1-3-24(22(33)34)7-9-26-14-20(24)25(30-23(35)27-4-2)29-8-5-10-32(25)16-12-17(18-6-11-36-31-18)21-19(13-16)28-15-37-21/h5,8,10,12-13,15,20,26H,3-4,6-7,9,11,14H2,1-2H3,(H,33,34)(H2,27,30,35). The highest BCUT2D eigenvalue weighted by Gasteiger charge is 2.59. The average molecular weight is 526 g/mol. The summed E-state index contributed by atoms with van der Waals surface area (Å²) in [4.78, 5) is 42.5. The number of aliphatic imine (C=N–C) groups is 1. The maximum atomic E-state index is 13.1. The molecule has 0 aliphatic carbocycles. The van der Waals surface area contributed by atoms with Crippen LogP contribution in [-0.4, -0.2) is 66.0 Å². The third-order valence-electron chi connectivity index (χ3n) is 7.51. The van der Waals surface area contributed by atoms with E-state index in [0.717, 1.165) is 21.5 Å². The summed E-state index contributed by atoms with van der Waals surface area (Å²) in [6.07, 6.45) is 6.73. The number of amides is 2. The lowest BCUT2D eigenvalue weighted by Crippen LogP contribution is -2.71. The fourth-order valence-corrected chi connectivity index (χ4v) is 6.45. The van der Waals surface area contributed by atoms with Gasteiger partial charge in [-0.15, -0.1) is 11.3 Å². The topological polar surface area (TPSA) is 141 Å². The van der Waals surface area contributed by atoms with Crippen molar-refractivity contribution in [2.24, 2.45) is 21.5 Å². The van der Waals surface area contributed by atoms with Crippen molar-refractivity contribution in [3.63, 3.8) is 0 Å². The molecule has 0 spiro atoms. The second-order valence-corrected chi connectivity index (χ2v) is 10.2. The van der Waals surface area contributed by atoms with Crippen molar-refractivity contribution in [3.8, 4) is 0 Å². The van der Waals surface area contributed by atoms with Crippen LogP contribution in [0.4, 0.5) is 10.5 Å². The summed E-state index contributed by atoms with van der Waals surface area (Å²) in [6.45, 7) is 5.58. The van der Waals surface area contributed by atoms with Gasteiger partial charge in [-0.25, -0.2) is 14.8 Å². The molecule has 1 aromatic heterocycles. The number of fused-ring (bicyclic) bond motifs is 1. The Kier molecular flexibility index (Phi) is 6.86. The maximum absolute atomic E-state index is 13.1. The van der Waals surface area contributed by atoms with Crippen molar-refractivity contribution >= 4 is 51.2 Å². The lowest BCUT2D eigenvalue weighted by atomic mass is 9.65. The molecule has 0 saturated carbocycles. The highest BCUT2D eigenvalue weighted by molar-refractivity contribution is 7.17. The zero-order chi connectivity index (χ0) is 26.0. The minimum Gasteiger partial charge on any atom is -0.481 e. The second kappa shape index (κ2) is 10.1. The van der Waals surface area contributed by atoms with Crippen molar-refractivity contribution in [3.05, 3.63) is 35.5 Å². The van der Waals surface area contributed by atoms with Crippen molar-refractivity contribution in [1.82, 2.24) is 20.9 Å². The smallest absolute Gasteiger partial charge is 0.318 e. The molecule has 11 nitrogen and oxygen atoms in total. The first-order chi connectivity index (χ1) is 17.9. The van der Waals surface area contributed by atoms with Crippen LogP contribution in [0.1, 0.15) is 38.7 Å². The molecule has 12 heteroatoms. The van der Waals surface area contributed by atoms with Crippen LogP contribution in [0.25, 0.3) is 10.2 Å². The normalized spacial score (nSPS) is 27.1. The Labute approximate surface area is 218 Å². The number of carboxylic acids is 1. The summed E-state index contributed by atoms with van der Waals surface area (Å²) >= 11 is 1.53. The molecule has 3 aliphatic rings. The predicted molar refractivity (Wildman–Crippen MR) is 143 cm³/mol. The van der Waals surface area contributed by atoms with Gasteiger partial charge in [-0.2, -0.15) is 0 Å². The molecule has 1 saturated heterocycles. The van der Waals surface area contributed by atoms with Crippen LogP contribution in [0.15, 0.2) is 40.1 Å². The van der Waals surface area contributed by atoms with Crippen LogP contribution in [-0.2, 0) is 9.63 Å². The van der Waals surface area contributed by atoms with E-state index in [0.29, 0.717) is 51.2 Å². The van der Waals surface area contributed by atoms with Crippen LogP contribution < -0.4 is 20.9 Å². The van der Waals surface area contributed by atoms with E-state index in [1.165, 1.54) is 11.3 Å². The number of oxime groups is 1. The molecule has 1 fully saturated rings. The molecule has 3 aliphatic heterocycles. The van der Waals surface area contributed by atoms with E-state index in [1.807, 2.05) is 37.1 Å². The highest BCUT2D eigenvalue weighted by Crippen LogP contribution is 2.47. The third kappa shape index (κ3) is 4.23. The number of anilines is 1. The van der Waals surface area contributed by atoms with Crippen LogP contribution in [0, 0.1) is 11.3 Å². The number of hydrogen-bond donors (Lipinski definition) is 4. The molecular weight excluding hydrogens is 494 g/mol. The van der Waals surface area contributed by atoms with Gasteiger partial charge in [0.1, 0.15) is 6.61 Å². The molecule has 0 bridgehead atoms. The number of allylic oxidation sites excluding steroid dienone is 1. The maximum Gasteiger partial charge on any atom is 0.318 e. The van der Waals surface area contributed by atoms with Gasteiger partial charge in [-0.1, -0.05) is 12.1 Å². The summed E-state index contributed by atoms with van der Waals surface area (Å²) in [7, 11) is 0. The largest absolute Gasteiger partial charge is 0.481 e. The summed E-state index contributed by atoms with van der Waals surface area (Å²) in [5.41, 5.74) is 3.91. The Morgan fingerprint density at radius 1 is 1.35 bits per heavy atom. The number of thiazole rings is 1. The van der Waals surface area contributed by atoms with E-state index in [-0.39, 0.29) is 0 Å². The van der Waals surface area contributed by atoms with Crippen molar-refractivity contribution in [2.75, 3.05) is 31.1 Å². The Hall–Kier alpha value is -3.51. The monoisotopic (exact) mass is 525 g/mol. The van der Waals surface area contributed by atoms with E-state index >= 15 is 0 Å². The van der Waals surface area contributed by atoms with Gasteiger partial charge in [0.2, 0.25) is 5.79 Å². The number of piperidine rings is 1. The fraction of sp³-hybridized carbons (Fsp3) is 0.480. The number of aromatic nitrogens is 1. The van der Waals surface area contributed by atoms with Gasteiger partial charge in [0.05, 0.1) is 32.8 Å². The van der Waals surface area contributed by atoms with Crippen molar-refractivity contribution in [1.29, 1.82) is 0 Å². The van der Waals surface area contributed by atoms with Gasteiger partial charge in [-0.3, -0.25) is 10.1 Å². The predicted octanol–water partition coefficient (Wildman–Crippen LogP) is 2.89. The number of nitrogens with zero attached hydrogens (tertiary/aromatic N) is 4. The number of carbonyl (C=O) groups excluding carboxylic acids is 1. The van der Waals surface area contributed by atoms with Crippen LogP contribution >= 0.6 is 11.3 Å². The van der Waals surface area contributed by atoms with E-state index in [4.69, 9.17) is 9.83 Å². The number of rotatable bonds is 7. The SMILES string of the molecule is CCNC(=O)NC1(C2CNCCC2(CC)C(=O)O)N=CC=CN1c1cc(C2=NOCC2)c2scnc2c1. The molecule has 4 N–H and O–H groups in total. The van der Waals surface area contributed by atoms with Gasteiger partial charge < -0.3 is 25.5 Å². The van der Waals surface area contributed by atoms with Gasteiger partial charge in [0.25, 0.3) is 0 Å². The molecule has 2 amide bonds. The first-order valence-corrected chi connectivity index (χ1v) is 13.4. The van der Waals surface area contributed by atoms with Gasteiger partial charge >= 0.3 is 12.0 Å². The van der Waals surface area contributed by atoms with Gasteiger partial charge in [0, 0.05) is 43.2 Å². The van der Waals surface area contributed by atoms with Gasteiger partial charge in [0.15, 0.2) is 0 Å². The summed E-state index contributed by atoms with van der Waals surface area (Å²) in [5, 5.41) is 24.0. The molecule has 5 rings (SSSR count). The number of carbonyl (C=O) groups is 2. The number of hydrogen-bond acceptors (Lipinski definition) is 9. The number of aliphatic carboxylic acids is 1. The van der Waals surface area contributed by atoms with Gasteiger partial charge in [-0.05, 0) is 44.5 Å². The zero-order valence-corrected chi connectivity index (χ0v) is 21.7. The Morgan fingerprint density at radius 3 is 2.95 bits per heavy atom. The molecule has 4 heterocycles. The summed E-state index contributed by atoms with van der Waals surface area (Å²) < 4.78 is 0.993. The van der Waals surface area contributed by atoms with Crippen LogP contribution in [0.3, 0.4) is 0 Å². The van der Waals surface area contributed by atoms with E-state index < -0.39 is 29.1 Å². The first kappa shape index (κ1) is 25.2.